The number of hydrogen-bond acceptors (Lipinski definition) is 7. The van der Waals surface area contributed by atoms with Crippen molar-refractivity contribution in [1.29, 1.82) is 0 Å². The number of halogens is 1. The van der Waals surface area contributed by atoms with Gasteiger partial charge in [0, 0.05) is 37.7 Å². The van der Waals surface area contributed by atoms with Gasteiger partial charge in [-0.1, -0.05) is 12.1 Å². The summed E-state index contributed by atoms with van der Waals surface area (Å²) < 4.78 is 37.6. The zero-order valence-electron chi connectivity index (χ0n) is 24.3. The van der Waals surface area contributed by atoms with E-state index in [-0.39, 0.29) is 49.3 Å². The molecule has 2 aliphatic heterocycles. The van der Waals surface area contributed by atoms with Crippen molar-refractivity contribution in [2.24, 2.45) is 0 Å². The number of rotatable bonds is 4. The van der Waals surface area contributed by atoms with Gasteiger partial charge >= 0.3 is 0 Å². The fraction of sp³-hybridized carbons (Fsp3) is 0.344. The number of hydrogen-bond donors (Lipinski definition) is 2. The first-order chi connectivity index (χ1) is 20.7. The highest BCUT2D eigenvalue weighted by molar-refractivity contribution is 5.95. The normalized spacial score (nSPS) is 18.7. The number of likely N-dealkylation sites (tertiary alicyclic amines) is 1. The van der Waals surface area contributed by atoms with Crippen molar-refractivity contribution in [3.63, 3.8) is 0 Å². The first-order valence-electron chi connectivity index (χ1n) is 14.0. The highest BCUT2D eigenvalue weighted by atomic mass is 19.1. The van der Waals surface area contributed by atoms with Crippen LogP contribution < -0.4 is 29.6 Å². The van der Waals surface area contributed by atoms with Crippen LogP contribution in [0.2, 0.25) is 0 Å². The molecule has 5 rings (SSSR count). The highest BCUT2D eigenvalue weighted by Gasteiger charge is 2.35. The number of fused-ring (bicyclic) bond motifs is 5. The van der Waals surface area contributed by atoms with Gasteiger partial charge in [-0.3, -0.25) is 14.4 Å². The first-order valence-corrected chi connectivity index (χ1v) is 14.0. The molecule has 4 bridgehead atoms. The number of methoxy groups -OCH3 is 1. The summed E-state index contributed by atoms with van der Waals surface area (Å²) in [5.41, 5.74) is 2.78. The molecule has 1 fully saturated rings. The van der Waals surface area contributed by atoms with E-state index in [9.17, 15) is 18.8 Å². The molecule has 0 radical (unpaired) electrons. The van der Waals surface area contributed by atoms with Gasteiger partial charge in [0.15, 0.2) is 24.7 Å². The Morgan fingerprint density at radius 2 is 1.93 bits per heavy atom. The molecular weight excluding hydrogens is 557 g/mol. The van der Waals surface area contributed by atoms with Gasteiger partial charge in [-0.25, -0.2) is 4.39 Å². The minimum atomic E-state index is -0.628. The minimum Gasteiger partial charge on any atom is -0.493 e. The lowest BCUT2D eigenvalue weighted by Crippen LogP contribution is -2.58. The second kappa shape index (κ2) is 13.0. The van der Waals surface area contributed by atoms with Gasteiger partial charge in [0.05, 0.1) is 13.2 Å². The predicted molar refractivity (Wildman–Crippen MR) is 155 cm³/mol. The Kier molecular flexibility index (Phi) is 8.98. The van der Waals surface area contributed by atoms with Crippen LogP contribution in [-0.4, -0.2) is 68.2 Å². The van der Waals surface area contributed by atoms with Crippen LogP contribution in [0.3, 0.4) is 0 Å². The van der Waals surface area contributed by atoms with Crippen molar-refractivity contribution in [2.75, 3.05) is 33.4 Å². The van der Waals surface area contributed by atoms with Crippen molar-refractivity contribution in [3.05, 3.63) is 82.7 Å². The topological polar surface area (TPSA) is 115 Å². The summed E-state index contributed by atoms with van der Waals surface area (Å²) in [5, 5.41) is 5.68. The van der Waals surface area contributed by atoms with Crippen LogP contribution in [0.1, 0.15) is 33.5 Å². The lowest BCUT2D eigenvalue weighted by atomic mass is 10.0. The number of amides is 3. The number of nitrogens with zero attached hydrogens (tertiary/aromatic N) is 1. The summed E-state index contributed by atoms with van der Waals surface area (Å²) in [5.74, 6) is -0.193. The summed E-state index contributed by atoms with van der Waals surface area (Å²) >= 11 is 0. The van der Waals surface area contributed by atoms with Gasteiger partial charge in [0.1, 0.15) is 23.4 Å². The van der Waals surface area contributed by atoms with E-state index in [0.29, 0.717) is 30.0 Å². The molecule has 0 unspecified atom stereocenters. The monoisotopic (exact) mass is 591 g/mol. The number of aryl methyl sites for hydroxylation is 1. The van der Waals surface area contributed by atoms with Crippen LogP contribution in [0, 0.1) is 19.7 Å². The molecule has 2 N–H and O–H groups in total. The van der Waals surface area contributed by atoms with Crippen LogP contribution >= 0.6 is 0 Å². The molecule has 1 saturated heterocycles. The molecule has 3 amide bonds. The molecule has 0 aromatic heterocycles. The molecule has 43 heavy (non-hydrogen) atoms. The maximum Gasteiger partial charge on any atom is 0.260 e. The Balaban J connectivity index is 1.39. The Bertz CT molecular complexity index is 1530. The standard InChI is InChI=1S/C32H34FN3O7/c1-19-5-4-6-26(20(19)2)42-18-31(38)36-10-9-27-25(16-36)35-32(39)22-7-8-28(40-3)29(13-22)41-17-30(37)34-15-21-11-23(33)14-24(12-21)43-27/h4-8,11-14,25,27H,9-10,15-18H2,1-3H3,(H,34,37)(H,35,39)/t25-,27+/m0/s1. The van der Waals surface area contributed by atoms with Crippen molar-refractivity contribution in [1.82, 2.24) is 15.5 Å². The van der Waals surface area contributed by atoms with Crippen LogP contribution in [-0.2, 0) is 16.1 Å². The molecule has 11 heteroatoms. The molecule has 2 heterocycles. The lowest BCUT2D eigenvalue weighted by molar-refractivity contribution is -0.135. The molecule has 3 aromatic rings. The van der Waals surface area contributed by atoms with Crippen molar-refractivity contribution >= 4 is 17.7 Å². The highest BCUT2D eigenvalue weighted by Crippen LogP contribution is 2.29. The predicted octanol–water partition coefficient (Wildman–Crippen LogP) is 3.32. The molecule has 0 spiro atoms. The zero-order chi connectivity index (χ0) is 30.5. The molecular formula is C32H34FN3O7. The molecule has 2 atom stereocenters. The zero-order valence-corrected chi connectivity index (χ0v) is 24.3. The van der Waals surface area contributed by atoms with E-state index in [1.807, 2.05) is 32.0 Å². The van der Waals surface area contributed by atoms with Crippen molar-refractivity contribution in [3.8, 4) is 23.0 Å². The minimum absolute atomic E-state index is 0.0566. The second-order valence-corrected chi connectivity index (χ2v) is 10.6. The molecule has 10 nitrogen and oxygen atoms in total. The maximum absolute atomic E-state index is 14.5. The smallest absolute Gasteiger partial charge is 0.260 e. The van der Waals surface area contributed by atoms with E-state index in [4.69, 9.17) is 18.9 Å². The fourth-order valence-corrected chi connectivity index (χ4v) is 5.09. The number of nitrogens with one attached hydrogen (secondary N) is 2. The van der Waals surface area contributed by atoms with Gasteiger partial charge in [0.2, 0.25) is 0 Å². The summed E-state index contributed by atoms with van der Waals surface area (Å²) in [6.45, 7) is 3.98. The van der Waals surface area contributed by atoms with E-state index in [0.717, 1.165) is 11.1 Å². The number of ether oxygens (including phenoxy) is 4. The van der Waals surface area contributed by atoms with E-state index < -0.39 is 29.8 Å². The summed E-state index contributed by atoms with van der Waals surface area (Å²) in [6, 6.07) is 13.9. The third kappa shape index (κ3) is 7.17. The summed E-state index contributed by atoms with van der Waals surface area (Å²) in [4.78, 5) is 40.7. The van der Waals surface area contributed by atoms with E-state index in [2.05, 4.69) is 10.6 Å². The average molecular weight is 592 g/mol. The first kappa shape index (κ1) is 29.7. The fourth-order valence-electron chi connectivity index (χ4n) is 5.09. The van der Waals surface area contributed by atoms with Crippen molar-refractivity contribution in [2.45, 2.75) is 39.0 Å². The molecule has 0 saturated carbocycles. The Morgan fingerprint density at radius 1 is 1.09 bits per heavy atom. The van der Waals surface area contributed by atoms with Crippen molar-refractivity contribution < 1.29 is 37.7 Å². The third-order valence-electron chi connectivity index (χ3n) is 7.62. The Labute approximate surface area is 249 Å². The average Bonchev–Trinajstić information content (AvgIpc) is 2.99. The van der Waals surface area contributed by atoms with Crippen LogP contribution in [0.4, 0.5) is 4.39 Å². The molecule has 0 aliphatic carbocycles. The van der Waals surface area contributed by atoms with Crippen LogP contribution in [0.15, 0.2) is 54.6 Å². The van der Waals surface area contributed by atoms with E-state index in [1.165, 1.54) is 25.3 Å². The number of benzene rings is 3. The van der Waals surface area contributed by atoms with E-state index in [1.54, 1.807) is 23.1 Å². The number of carbonyl (C=O) groups excluding carboxylic acids is 3. The van der Waals surface area contributed by atoms with Gasteiger partial charge in [-0.05, 0) is 66.9 Å². The quantitative estimate of drug-likeness (QED) is 0.479. The number of piperidine rings is 1. The molecule has 2 aliphatic rings. The van der Waals surface area contributed by atoms with Gasteiger partial charge < -0.3 is 34.5 Å². The number of carbonyl (C=O) groups is 3. The molecule has 3 aromatic carbocycles. The summed E-state index contributed by atoms with van der Waals surface area (Å²) in [7, 11) is 1.45. The Hall–Kier alpha value is -4.80. The summed E-state index contributed by atoms with van der Waals surface area (Å²) in [6.07, 6.45) is -0.196. The Morgan fingerprint density at radius 3 is 2.74 bits per heavy atom. The lowest BCUT2D eigenvalue weighted by Gasteiger charge is -2.39. The largest absolute Gasteiger partial charge is 0.493 e. The van der Waals surface area contributed by atoms with Gasteiger partial charge in [-0.2, -0.15) is 0 Å². The van der Waals surface area contributed by atoms with Gasteiger partial charge in [0.25, 0.3) is 17.7 Å². The third-order valence-corrected chi connectivity index (χ3v) is 7.62. The van der Waals surface area contributed by atoms with E-state index >= 15 is 0 Å². The van der Waals surface area contributed by atoms with Gasteiger partial charge in [-0.15, -0.1) is 0 Å². The molecule has 226 valence electrons. The second-order valence-electron chi connectivity index (χ2n) is 10.6. The van der Waals surface area contributed by atoms with Crippen LogP contribution in [0.25, 0.3) is 0 Å². The maximum atomic E-state index is 14.5. The SMILES string of the molecule is COc1ccc2cc1OCC(=O)NCc1cc(F)cc(c1)O[C@@H]1CCN(C(=O)COc3cccc(C)c3C)C[C@@H]1NC2=O. The van der Waals surface area contributed by atoms with Crippen LogP contribution in [0.5, 0.6) is 23.0 Å².